The number of carboxylic acid groups (broad SMARTS) is 1. The van der Waals surface area contributed by atoms with Crippen LogP contribution in [0.15, 0.2) is 4.52 Å². The quantitative estimate of drug-likeness (QED) is 0.759. The zero-order valence-corrected chi connectivity index (χ0v) is 10.7. The minimum atomic E-state index is -1.02. The molecule has 1 rings (SSSR count). The number of aromatic nitrogens is 2. The second-order valence-electron chi connectivity index (χ2n) is 3.90. The lowest BCUT2D eigenvalue weighted by atomic mass is 10.3. The van der Waals surface area contributed by atoms with E-state index in [0.29, 0.717) is 23.4 Å². The van der Waals surface area contributed by atoms with Crippen LogP contribution < -0.4 is 0 Å². The summed E-state index contributed by atoms with van der Waals surface area (Å²) in [5, 5.41) is 12.1. The number of nitrogens with zero attached hydrogens (tertiary/aromatic N) is 2. The summed E-state index contributed by atoms with van der Waals surface area (Å²) in [7, 11) is 0. The van der Waals surface area contributed by atoms with E-state index in [1.807, 2.05) is 0 Å². The lowest BCUT2D eigenvalue weighted by Gasteiger charge is -2.00. The van der Waals surface area contributed by atoms with Crippen molar-refractivity contribution >= 4 is 17.7 Å². The van der Waals surface area contributed by atoms with Crippen LogP contribution in [-0.2, 0) is 21.9 Å². The normalized spacial score (nSPS) is 11.0. The van der Waals surface area contributed by atoms with Crippen molar-refractivity contribution in [3.63, 3.8) is 0 Å². The van der Waals surface area contributed by atoms with Crippen LogP contribution in [-0.4, -0.2) is 33.6 Å². The Morgan fingerprint density at radius 2 is 2.35 bits per heavy atom. The molecule has 1 aromatic heterocycles. The van der Waals surface area contributed by atoms with E-state index in [1.165, 1.54) is 0 Å². The third kappa shape index (κ3) is 6.28. The molecule has 0 fully saturated rings. The van der Waals surface area contributed by atoms with Crippen molar-refractivity contribution in [2.75, 3.05) is 12.4 Å². The molecule has 0 aromatic carbocycles. The van der Waals surface area contributed by atoms with Gasteiger partial charge in [0.1, 0.15) is 13.2 Å². The Hall–Kier alpha value is -1.08. The fourth-order valence-electron chi connectivity index (χ4n) is 1.02. The van der Waals surface area contributed by atoms with Gasteiger partial charge in [0, 0.05) is 0 Å². The maximum Gasteiger partial charge on any atom is 0.329 e. The van der Waals surface area contributed by atoms with Crippen LogP contribution in [0.2, 0.25) is 0 Å². The highest BCUT2D eigenvalue weighted by atomic mass is 32.2. The van der Waals surface area contributed by atoms with E-state index in [9.17, 15) is 4.79 Å². The number of carboxylic acids is 1. The molecule has 0 saturated heterocycles. The number of rotatable bonds is 8. The van der Waals surface area contributed by atoms with Crippen molar-refractivity contribution in [3.8, 4) is 0 Å². The zero-order chi connectivity index (χ0) is 12.7. The zero-order valence-electron chi connectivity index (χ0n) is 9.88. The Morgan fingerprint density at radius 1 is 1.59 bits per heavy atom. The second kappa shape index (κ2) is 7.29. The fourth-order valence-corrected chi connectivity index (χ4v) is 1.91. The first kappa shape index (κ1) is 14.0. The highest BCUT2D eigenvalue weighted by Gasteiger charge is 2.07. The maximum absolute atomic E-state index is 10.2. The summed E-state index contributed by atoms with van der Waals surface area (Å²) >= 11 is 1.74. The molecule has 96 valence electrons. The molecule has 0 radical (unpaired) electrons. The molecule has 0 bridgehead atoms. The van der Waals surface area contributed by atoms with Crippen LogP contribution in [0.5, 0.6) is 0 Å². The molecule has 0 spiro atoms. The van der Waals surface area contributed by atoms with Gasteiger partial charge in [0.05, 0.1) is 5.75 Å². The average molecular weight is 260 g/mol. The van der Waals surface area contributed by atoms with Crippen molar-refractivity contribution in [2.24, 2.45) is 5.92 Å². The van der Waals surface area contributed by atoms with Crippen LogP contribution in [0.25, 0.3) is 0 Å². The van der Waals surface area contributed by atoms with E-state index in [1.54, 1.807) is 11.8 Å². The van der Waals surface area contributed by atoms with E-state index < -0.39 is 5.97 Å². The Kier molecular flexibility index (Phi) is 5.99. The smallest absolute Gasteiger partial charge is 0.329 e. The van der Waals surface area contributed by atoms with E-state index in [2.05, 4.69) is 24.0 Å². The standard InChI is InChI=1S/C10H16N2O4S/c1-7(2)5-17-6-8-11-9(16-12-8)3-15-4-10(13)14/h7H,3-6H2,1-2H3,(H,13,14). The molecular formula is C10H16N2O4S. The third-order valence-corrected chi connectivity index (χ3v) is 3.01. The van der Waals surface area contributed by atoms with Gasteiger partial charge in [-0.15, -0.1) is 0 Å². The molecule has 0 unspecified atom stereocenters. The Bertz CT molecular complexity index is 354. The molecule has 0 saturated carbocycles. The van der Waals surface area contributed by atoms with Crippen molar-refractivity contribution in [1.82, 2.24) is 10.1 Å². The van der Waals surface area contributed by atoms with Crippen LogP contribution in [0.4, 0.5) is 0 Å². The molecule has 17 heavy (non-hydrogen) atoms. The molecule has 6 nitrogen and oxygen atoms in total. The summed E-state index contributed by atoms with van der Waals surface area (Å²) in [6.07, 6.45) is 0. The van der Waals surface area contributed by atoms with E-state index >= 15 is 0 Å². The number of carbonyl (C=O) groups is 1. The number of aliphatic carboxylic acids is 1. The maximum atomic E-state index is 10.2. The van der Waals surface area contributed by atoms with Crippen LogP contribution >= 0.6 is 11.8 Å². The third-order valence-electron chi connectivity index (χ3n) is 1.64. The van der Waals surface area contributed by atoms with Gasteiger partial charge in [-0.25, -0.2) is 4.79 Å². The first-order valence-corrected chi connectivity index (χ1v) is 6.42. The highest BCUT2D eigenvalue weighted by molar-refractivity contribution is 7.98. The summed E-state index contributed by atoms with van der Waals surface area (Å²) in [6.45, 7) is 3.97. The Balaban J connectivity index is 2.25. The summed E-state index contributed by atoms with van der Waals surface area (Å²) in [5.41, 5.74) is 0. The molecule has 0 aliphatic carbocycles. The predicted molar refractivity (Wildman–Crippen MR) is 62.6 cm³/mol. The first-order valence-electron chi connectivity index (χ1n) is 5.26. The summed E-state index contributed by atoms with van der Waals surface area (Å²) in [6, 6.07) is 0. The van der Waals surface area contributed by atoms with Gasteiger partial charge in [0.25, 0.3) is 5.89 Å². The largest absolute Gasteiger partial charge is 0.480 e. The van der Waals surface area contributed by atoms with Gasteiger partial charge in [-0.3, -0.25) is 0 Å². The molecule has 7 heteroatoms. The van der Waals surface area contributed by atoms with Gasteiger partial charge in [-0.1, -0.05) is 19.0 Å². The lowest BCUT2D eigenvalue weighted by molar-refractivity contribution is -0.142. The van der Waals surface area contributed by atoms with Crippen molar-refractivity contribution in [3.05, 3.63) is 11.7 Å². The van der Waals surface area contributed by atoms with Crippen LogP contribution in [0.1, 0.15) is 25.6 Å². The van der Waals surface area contributed by atoms with Gasteiger partial charge in [-0.2, -0.15) is 16.7 Å². The first-order chi connectivity index (χ1) is 8.08. The predicted octanol–water partition coefficient (Wildman–Crippen LogP) is 1.56. The average Bonchev–Trinajstić information content (AvgIpc) is 2.65. The number of hydrogen-bond donors (Lipinski definition) is 1. The second-order valence-corrected chi connectivity index (χ2v) is 4.93. The SMILES string of the molecule is CC(C)CSCc1noc(COCC(=O)O)n1. The molecule has 0 aliphatic heterocycles. The van der Waals surface area contributed by atoms with Crippen LogP contribution in [0, 0.1) is 5.92 Å². The number of ether oxygens (including phenoxy) is 1. The Morgan fingerprint density at radius 3 is 3.00 bits per heavy atom. The van der Waals surface area contributed by atoms with E-state index in [4.69, 9.17) is 14.4 Å². The highest BCUT2D eigenvalue weighted by Crippen LogP contribution is 2.13. The van der Waals surface area contributed by atoms with E-state index in [0.717, 1.165) is 5.75 Å². The summed E-state index contributed by atoms with van der Waals surface area (Å²) < 4.78 is 9.75. The monoisotopic (exact) mass is 260 g/mol. The molecule has 0 aliphatic rings. The number of thioether (sulfide) groups is 1. The number of hydrogen-bond acceptors (Lipinski definition) is 6. The van der Waals surface area contributed by atoms with Gasteiger partial charge >= 0.3 is 5.97 Å². The van der Waals surface area contributed by atoms with Gasteiger partial charge in [0.2, 0.25) is 0 Å². The lowest BCUT2D eigenvalue weighted by Crippen LogP contribution is -2.06. The Labute approximate surface area is 104 Å². The van der Waals surface area contributed by atoms with Crippen LogP contribution in [0.3, 0.4) is 0 Å². The van der Waals surface area contributed by atoms with Gasteiger partial charge in [-0.05, 0) is 11.7 Å². The fraction of sp³-hybridized carbons (Fsp3) is 0.700. The molecule has 0 amide bonds. The summed E-state index contributed by atoms with van der Waals surface area (Å²) in [5.74, 6) is 2.28. The molecule has 0 atom stereocenters. The van der Waals surface area contributed by atoms with E-state index in [-0.39, 0.29) is 13.2 Å². The molecule has 1 N–H and O–H groups in total. The van der Waals surface area contributed by atoms with Crippen molar-refractivity contribution in [1.29, 1.82) is 0 Å². The van der Waals surface area contributed by atoms with Crippen molar-refractivity contribution < 1.29 is 19.2 Å². The van der Waals surface area contributed by atoms with Gasteiger partial charge < -0.3 is 14.4 Å². The molecular weight excluding hydrogens is 244 g/mol. The van der Waals surface area contributed by atoms with Crippen molar-refractivity contribution in [2.45, 2.75) is 26.2 Å². The molecule has 1 aromatic rings. The topological polar surface area (TPSA) is 85.5 Å². The minimum absolute atomic E-state index is 0.0359. The summed E-state index contributed by atoms with van der Waals surface area (Å²) in [4.78, 5) is 14.3. The molecule has 1 heterocycles. The minimum Gasteiger partial charge on any atom is -0.480 e. The van der Waals surface area contributed by atoms with Gasteiger partial charge in [0.15, 0.2) is 5.82 Å².